The van der Waals surface area contributed by atoms with Gasteiger partial charge in [-0.15, -0.1) is 0 Å². The Labute approximate surface area is 466 Å². The zero-order valence-corrected chi connectivity index (χ0v) is 46.7. The molecule has 0 radical (unpaired) electrons. The van der Waals surface area contributed by atoms with Crippen molar-refractivity contribution in [3.63, 3.8) is 0 Å². The molecule has 6 aromatic rings. The van der Waals surface area contributed by atoms with Gasteiger partial charge in [-0.05, 0) is 99.5 Å². The van der Waals surface area contributed by atoms with Crippen molar-refractivity contribution < 1.29 is 103 Å². The predicted molar refractivity (Wildman–Crippen MR) is 279 cm³/mol. The topological polar surface area (TPSA) is 430 Å². The summed E-state index contributed by atoms with van der Waals surface area (Å²) in [6.45, 7) is 5.54. The third kappa shape index (κ3) is 18.3. The molecule has 4 atom stereocenters. The van der Waals surface area contributed by atoms with E-state index in [0.717, 1.165) is 48.6 Å². The summed E-state index contributed by atoms with van der Waals surface area (Å²) in [7, 11) is -19.4. The molecule has 2 heterocycles. The van der Waals surface area contributed by atoms with Crippen LogP contribution >= 0.6 is 0 Å². The molecule has 2 aromatic heterocycles. The summed E-state index contributed by atoms with van der Waals surface area (Å²) in [4.78, 5) is 26.5. The number of hydrogen-bond donors (Lipinski definition) is 12. The first-order valence-electron chi connectivity index (χ1n) is 22.3. The van der Waals surface area contributed by atoms with Crippen molar-refractivity contribution in [2.75, 3.05) is 57.2 Å². The molecule has 4 unspecified atom stereocenters. The minimum absolute atomic E-state index is 0. The fraction of sp³-hybridized carbons (Fsp3) is 0.273. The number of aliphatic hydroxyl groups is 4. The molecule has 0 saturated heterocycles. The number of nitrogens with one attached hydrogen (secondary N) is 4. The molecule has 0 aliphatic rings. The second kappa shape index (κ2) is 25.6. The largest absolute Gasteiger partial charge is 1.00 e. The molecule has 6 rings (SSSR count). The molecule has 4 aromatic carbocycles. The van der Waals surface area contributed by atoms with Crippen LogP contribution in [0.4, 0.5) is 58.4 Å². The molecule has 0 saturated carbocycles. The van der Waals surface area contributed by atoms with E-state index >= 15 is 0 Å². The molecule has 0 aliphatic carbocycles. The molecule has 0 amide bonds. The van der Waals surface area contributed by atoms with Gasteiger partial charge in [-0.25, -0.2) is 0 Å². The van der Waals surface area contributed by atoms with Crippen molar-refractivity contribution in [3.8, 4) is 0 Å². The van der Waals surface area contributed by atoms with E-state index in [2.05, 4.69) is 51.2 Å². The summed E-state index contributed by atoms with van der Waals surface area (Å²) < 4.78 is 139. The van der Waals surface area contributed by atoms with E-state index in [1.807, 2.05) is 0 Å². The monoisotopic (exact) mass is 1160 g/mol. The van der Waals surface area contributed by atoms with Crippen LogP contribution in [-0.4, -0.2) is 153 Å². The van der Waals surface area contributed by atoms with Gasteiger partial charge in [0, 0.05) is 48.9 Å². The maximum Gasteiger partial charge on any atom is 1.00 e. The van der Waals surface area contributed by atoms with Crippen molar-refractivity contribution in [1.29, 1.82) is 0 Å². The number of benzene rings is 4. The van der Waals surface area contributed by atoms with Gasteiger partial charge in [-0.2, -0.15) is 63.6 Å². The fourth-order valence-electron chi connectivity index (χ4n) is 7.10. The first-order chi connectivity index (χ1) is 35.4. The molecule has 33 heteroatoms. The van der Waals surface area contributed by atoms with Gasteiger partial charge in [0.1, 0.15) is 9.79 Å². The number of nitrogens with zero attached hydrogens (tertiary/aromatic N) is 8. The van der Waals surface area contributed by atoms with Crippen molar-refractivity contribution in [2.45, 2.75) is 71.7 Å². The van der Waals surface area contributed by atoms with Crippen LogP contribution in [-0.2, 0) is 40.5 Å². The van der Waals surface area contributed by atoms with E-state index in [9.17, 15) is 72.3 Å². The maximum absolute atomic E-state index is 12.9. The number of aromatic nitrogens is 6. The second-order valence-electron chi connectivity index (χ2n) is 17.1. The first-order valence-corrected chi connectivity index (χ1v) is 28.0. The van der Waals surface area contributed by atoms with E-state index in [4.69, 9.17) is 0 Å². The van der Waals surface area contributed by atoms with Crippen LogP contribution in [0.3, 0.4) is 0 Å². The summed E-state index contributed by atoms with van der Waals surface area (Å²) in [6.07, 6.45) is -1.57. The Morgan fingerprint density at radius 2 is 0.727 bits per heavy atom. The van der Waals surface area contributed by atoms with Gasteiger partial charge in [0.25, 0.3) is 40.5 Å². The standard InChI is InChI=1S/C44H52N12O16S4.Na.H/c1-25(57)21-55(22-26(2)58)43-51-39(45-31-7-5-9-35(17-31)73(61,62)63)49-41(53-43)47-33-15-13-29(37(19-33)75(67,68)69)11-12-30-14-16-34(20-38(30)76(70,71)72)48-42-50-40(46-32-8-6-10-36(18-32)74(64,65)66)52-44(54-42)56(23-27(3)59)24-28(4)60;;/h5-20,25-28,57-60H,21-24H2,1-4H3,(H,61,62,63)(H,64,65,66)(H,67,68,69)(H,70,71,72)(H2,45,47,49,51,53)(H2,46,48,50,52,54);;/q;+1;-1. The number of anilines is 10. The van der Waals surface area contributed by atoms with Crippen LogP contribution in [0.15, 0.2) is 105 Å². The Balaban J connectivity index is 0.00000656. The average molecular weight is 1160 g/mol. The van der Waals surface area contributed by atoms with Crippen molar-refractivity contribution in [1.82, 2.24) is 29.9 Å². The molecule has 0 spiro atoms. The smallest absolute Gasteiger partial charge is 1.00 e. The molecule has 0 bridgehead atoms. The predicted octanol–water partition coefficient (Wildman–Crippen LogP) is 0.441. The van der Waals surface area contributed by atoms with E-state index < -0.39 is 84.5 Å². The summed E-state index contributed by atoms with van der Waals surface area (Å²) in [5.41, 5.74) is -0.265. The molecule has 77 heavy (non-hydrogen) atoms. The van der Waals surface area contributed by atoms with Gasteiger partial charge in [0.05, 0.1) is 34.2 Å². The molecule has 28 nitrogen and oxygen atoms in total. The molecule has 0 fully saturated rings. The Morgan fingerprint density at radius 1 is 0.442 bits per heavy atom. The third-order valence-corrected chi connectivity index (χ3v) is 13.6. The zero-order chi connectivity index (χ0) is 55.9. The average Bonchev–Trinajstić information content (AvgIpc) is 3.29. The van der Waals surface area contributed by atoms with E-state index in [1.54, 1.807) is 0 Å². The summed E-state index contributed by atoms with van der Waals surface area (Å²) in [5.74, 6) is -1.21. The normalized spacial score (nSPS) is 13.7. The first kappa shape index (κ1) is 61.8. The van der Waals surface area contributed by atoms with Crippen LogP contribution in [0.2, 0.25) is 0 Å². The zero-order valence-electron chi connectivity index (χ0n) is 42.4. The molecule has 12 N–H and O–H groups in total. The molecule has 410 valence electrons. The van der Waals surface area contributed by atoms with Crippen LogP contribution in [0, 0.1) is 0 Å². The molecule has 0 aliphatic heterocycles. The Bertz CT molecular complexity index is 3340. The maximum atomic E-state index is 12.9. The summed E-state index contributed by atoms with van der Waals surface area (Å²) in [6, 6.07) is 17.1. The number of hydrogen-bond acceptors (Lipinski definition) is 24. The Kier molecular flexibility index (Phi) is 20.5. The number of aliphatic hydroxyl groups excluding tert-OH is 4. The van der Waals surface area contributed by atoms with Gasteiger partial charge >= 0.3 is 29.6 Å². The second-order valence-corrected chi connectivity index (χ2v) is 22.7. The minimum atomic E-state index is -5.06. The third-order valence-electron chi connectivity index (χ3n) is 10.1. The van der Waals surface area contributed by atoms with Crippen molar-refractivity contribution in [2.24, 2.45) is 0 Å². The van der Waals surface area contributed by atoms with Gasteiger partial charge in [0.2, 0.25) is 35.7 Å². The van der Waals surface area contributed by atoms with E-state index in [1.165, 1.54) is 86.0 Å². The SMILES string of the molecule is CC(O)CN(CC(C)O)c1nc(Nc2cccc(S(=O)(=O)O)c2)nc(Nc2ccc(C=Cc3ccc(Nc4nc(Nc5cccc(S(=O)(=O)O)c5)nc(N(CC(C)O)CC(C)O)n4)cc3S(=O)(=O)O)c(S(=O)(=O)O)c2)n1.[H-].[Na+]. The fourth-order valence-corrected chi connectivity index (χ4v) is 9.57. The van der Waals surface area contributed by atoms with Crippen LogP contribution < -0.4 is 60.6 Å². The van der Waals surface area contributed by atoms with Crippen molar-refractivity contribution >= 4 is 111 Å². The van der Waals surface area contributed by atoms with Crippen molar-refractivity contribution in [3.05, 3.63) is 96.1 Å². The van der Waals surface area contributed by atoms with Crippen LogP contribution in [0.1, 0.15) is 40.2 Å². The van der Waals surface area contributed by atoms with Crippen LogP contribution in [0.5, 0.6) is 0 Å². The molecular formula is C44H53N12NaO16S4. The quantitative estimate of drug-likeness (QED) is 0.0222. The molecular weight excluding hydrogens is 1100 g/mol. The van der Waals surface area contributed by atoms with Gasteiger partial charge in [-0.1, -0.05) is 36.4 Å². The van der Waals surface area contributed by atoms with E-state index in [-0.39, 0.29) is 127 Å². The Morgan fingerprint density at radius 3 is 0.987 bits per heavy atom. The summed E-state index contributed by atoms with van der Waals surface area (Å²) in [5, 5.41) is 52.2. The van der Waals surface area contributed by atoms with E-state index in [0.29, 0.717) is 0 Å². The summed E-state index contributed by atoms with van der Waals surface area (Å²) >= 11 is 0. The van der Waals surface area contributed by atoms with Gasteiger partial charge in [0.15, 0.2) is 0 Å². The Hall–Kier alpha value is -6.08. The minimum Gasteiger partial charge on any atom is -1.00 e. The van der Waals surface area contributed by atoms with Gasteiger partial charge < -0.3 is 52.9 Å². The van der Waals surface area contributed by atoms with Crippen LogP contribution in [0.25, 0.3) is 12.2 Å². The van der Waals surface area contributed by atoms with Gasteiger partial charge in [-0.3, -0.25) is 18.2 Å². The number of rotatable bonds is 24.